The van der Waals surface area contributed by atoms with E-state index in [4.69, 9.17) is 9.47 Å². The van der Waals surface area contributed by atoms with E-state index in [-0.39, 0.29) is 18.2 Å². The molecular formula is C19H28N2O3. The lowest BCUT2D eigenvalue weighted by Crippen LogP contribution is -2.47. The summed E-state index contributed by atoms with van der Waals surface area (Å²) in [6.07, 6.45) is 4.75. The number of carbonyl (C=O) groups is 1. The maximum atomic E-state index is 12.7. The van der Waals surface area contributed by atoms with E-state index in [1.54, 1.807) is 7.11 Å². The minimum absolute atomic E-state index is 0.0146. The summed E-state index contributed by atoms with van der Waals surface area (Å²) in [4.78, 5) is 14.7. The van der Waals surface area contributed by atoms with Crippen molar-refractivity contribution in [2.24, 2.45) is 5.92 Å². The molecule has 1 N–H and O–H groups in total. The molecule has 3 rings (SSSR count). The Morgan fingerprint density at radius 1 is 1.33 bits per heavy atom. The number of nitrogens with zero attached hydrogens (tertiary/aromatic N) is 1. The van der Waals surface area contributed by atoms with E-state index in [0.717, 1.165) is 30.8 Å². The number of amides is 2. The van der Waals surface area contributed by atoms with Gasteiger partial charge in [-0.05, 0) is 56.2 Å². The van der Waals surface area contributed by atoms with Crippen LogP contribution in [0.2, 0.25) is 0 Å². The van der Waals surface area contributed by atoms with Crippen molar-refractivity contribution in [2.45, 2.75) is 51.3 Å². The van der Waals surface area contributed by atoms with Gasteiger partial charge in [0.2, 0.25) is 0 Å². The van der Waals surface area contributed by atoms with Crippen LogP contribution in [0.25, 0.3) is 0 Å². The van der Waals surface area contributed by atoms with Crippen LogP contribution in [-0.2, 0) is 11.3 Å². The number of hydrogen-bond acceptors (Lipinski definition) is 3. The first-order valence-corrected chi connectivity index (χ1v) is 8.96. The Morgan fingerprint density at radius 2 is 2.08 bits per heavy atom. The second-order valence-electron chi connectivity index (χ2n) is 6.88. The quantitative estimate of drug-likeness (QED) is 0.834. The lowest BCUT2D eigenvalue weighted by Gasteiger charge is -2.30. The molecule has 1 aliphatic heterocycles. The highest BCUT2D eigenvalue weighted by Gasteiger charge is 2.34. The number of methoxy groups -OCH3 is 1. The van der Waals surface area contributed by atoms with Crippen molar-refractivity contribution >= 4 is 6.03 Å². The number of benzene rings is 1. The molecule has 5 heteroatoms. The Hall–Kier alpha value is -1.75. The molecule has 0 radical (unpaired) electrons. The molecule has 2 fully saturated rings. The highest BCUT2D eigenvalue weighted by molar-refractivity contribution is 5.74. The number of nitrogens with one attached hydrogen (secondary N) is 1. The Morgan fingerprint density at radius 3 is 2.67 bits per heavy atom. The lowest BCUT2D eigenvalue weighted by molar-refractivity contribution is 0.106. The molecule has 1 heterocycles. The first kappa shape index (κ1) is 17.1. The molecule has 1 aromatic carbocycles. The first-order chi connectivity index (χ1) is 11.7. The number of hydrogen-bond donors (Lipinski definition) is 1. The van der Waals surface area contributed by atoms with E-state index in [1.165, 1.54) is 12.8 Å². The van der Waals surface area contributed by atoms with Crippen molar-refractivity contribution in [3.8, 4) is 5.75 Å². The fourth-order valence-corrected chi connectivity index (χ4v) is 3.27. The standard InChI is InChI=1S/C19H28N2O3/c1-14(16-7-8-16)21(13-15-5-9-17(23-2)10-6-15)19(22)20-12-18-4-3-11-24-18/h5-6,9-10,14,16,18H,3-4,7-8,11-13H2,1-2H3,(H,20,22)/t14-,18+/m1/s1. The summed E-state index contributed by atoms with van der Waals surface area (Å²) in [5.41, 5.74) is 1.12. The van der Waals surface area contributed by atoms with Crippen LogP contribution < -0.4 is 10.1 Å². The number of ether oxygens (including phenoxy) is 2. The van der Waals surface area contributed by atoms with Crippen molar-refractivity contribution in [2.75, 3.05) is 20.3 Å². The molecule has 132 valence electrons. The van der Waals surface area contributed by atoms with Crippen molar-refractivity contribution in [1.82, 2.24) is 10.2 Å². The highest BCUT2D eigenvalue weighted by atomic mass is 16.5. The molecule has 1 saturated heterocycles. The maximum absolute atomic E-state index is 12.7. The zero-order valence-electron chi connectivity index (χ0n) is 14.7. The topological polar surface area (TPSA) is 50.8 Å². The fourth-order valence-electron chi connectivity index (χ4n) is 3.27. The molecule has 24 heavy (non-hydrogen) atoms. The third kappa shape index (κ3) is 4.41. The molecule has 0 bridgehead atoms. The van der Waals surface area contributed by atoms with Crippen molar-refractivity contribution in [3.63, 3.8) is 0 Å². The molecule has 5 nitrogen and oxygen atoms in total. The number of urea groups is 1. The van der Waals surface area contributed by atoms with E-state index >= 15 is 0 Å². The van der Waals surface area contributed by atoms with Crippen LogP contribution in [0.5, 0.6) is 5.75 Å². The molecule has 2 amide bonds. The van der Waals surface area contributed by atoms with Crippen LogP contribution in [0.1, 0.15) is 38.2 Å². The van der Waals surface area contributed by atoms with Gasteiger partial charge in [0, 0.05) is 25.7 Å². The van der Waals surface area contributed by atoms with Crippen LogP contribution in [0.4, 0.5) is 4.79 Å². The zero-order chi connectivity index (χ0) is 16.9. The van der Waals surface area contributed by atoms with Crippen molar-refractivity contribution in [1.29, 1.82) is 0 Å². The number of carbonyl (C=O) groups excluding carboxylic acids is 1. The monoisotopic (exact) mass is 332 g/mol. The third-order valence-corrected chi connectivity index (χ3v) is 5.07. The summed E-state index contributed by atoms with van der Waals surface area (Å²) >= 11 is 0. The minimum Gasteiger partial charge on any atom is -0.497 e. The Kier molecular flexibility index (Phi) is 5.61. The highest BCUT2D eigenvalue weighted by Crippen LogP contribution is 2.35. The maximum Gasteiger partial charge on any atom is 0.318 e. The molecular weight excluding hydrogens is 304 g/mol. The van der Waals surface area contributed by atoms with E-state index in [2.05, 4.69) is 12.2 Å². The summed E-state index contributed by atoms with van der Waals surface area (Å²) in [7, 11) is 1.66. The molecule has 1 aromatic rings. The molecule has 0 aromatic heterocycles. The van der Waals surface area contributed by atoms with Crippen LogP contribution in [-0.4, -0.2) is 43.3 Å². The van der Waals surface area contributed by atoms with Crippen LogP contribution in [0.3, 0.4) is 0 Å². The third-order valence-electron chi connectivity index (χ3n) is 5.07. The van der Waals surface area contributed by atoms with Gasteiger partial charge in [-0.1, -0.05) is 12.1 Å². The van der Waals surface area contributed by atoms with Gasteiger partial charge < -0.3 is 19.7 Å². The summed E-state index contributed by atoms with van der Waals surface area (Å²) in [6.45, 7) is 4.20. The van der Waals surface area contributed by atoms with E-state index < -0.39 is 0 Å². The average Bonchev–Trinajstić information content (AvgIpc) is 3.33. The second kappa shape index (κ2) is 7.88. The largest absolute Gasteiger partial charge is 0.497 e. The van der Waals surface area contributed by atoms with Gasteiger partial charge in [0.05, 0.1) is 13.2 Å². The fraction of sp³-hybridized carbons (Fsp3) is 0.632. The van der Waals surface area contributed by atoms with E-state index in [0.29, 0.717) is 19.0 Å². The van der Waals surface area contributed by atoms with E-state index in [1.807, 2.05) is 29.2 Å². The van der Waals surface area contributed by atoms with Gasteiger partial charge >= 0.3 is 6.03 Å². The summed E-state index contributed by atoms with van der Waals surface area (Å²) in [5, 5.41) is 3.07. The normalized spacial score (nSPS) is 21.3. The predicted octanol–water partition coefficient (Wildman–Crippen LogP) is 3.18. The number of rotatable bonds is 7. The smallest absolute Gasteiger partial charge is 0.318 e. The molecule has 1 saturated carbocycles. The molecule has 2 aliphatic rings. The second-order valence-corrected chi connectivity index (χ2v) is 6.88. The van der Waals surface area contributed by atoms with Crippen molar-refractivity contribution in [3.05, 3.63) is 29.8 Å². The SMILES string of the molecule is COc1ccc(CN(C(=O)NC[C@@H]2CCCO2)[C@H](C)C2CC2)cc1. The van der Waals surface area contributed by atoms with Crippen molar-refractivity contribution < 1.29 is 14.3 Å². The average molecular weight is 332 g/mol. The van der Waals surface area contributed by atoms with Crippen LogP contribution in [0, 0.1) is 5.92 Å². The Labute approximate surface area is 144 Å². The van der Waals surface area contributed by atoms with Gasteiger partial charge in [0.15, 0.2) is 0 Å². The zero-order valence-corrected chi connectivity index (χ0v) is 14.7. The van der Waals surface area contributed by atoms with Gasteiger partial charge in [-0.2, -0.15) is 0 Å². The van der Waals surface area contributed by atoms with Gasteiger partial charge in [0.1, 0.15) is 5.75 Å². The van der Waals surface area contributed by atoms with Gasteiger partial charge in [0.25, 0.3) is 0 Å². The van der Waals surface area contributed by atoms with Gasteiger partial charge in [-0.3, -0.25) is 0 Å². The van der Waals surface area contributed by atoms with Gasteiger partial charge in [-0.25, -0.2) is 4.79 Å². The minimum atomic E-state index is 0.0146. The molecule has 1 aliphatic carbocycles. The van der Waals surface area contributed by atoms with Crippen LogP contribution >= 0.6 is 0 Å². The first-order valence-electron chi connectivity index (χ1n) is 8.96. The van der Waals surface area contributed by atoms with Crippen LogP contribution in [0.15, 0.2) is 24.3 Å². The Balaban J connectivity index is 1.61. The molecule has 0 unspecified atom stereocenters. The lowest BCUT2D eigenvalue weighted by atomic mass is 10.1. The Bertz CT molecular complexity index is 536. The molecule has 2 atom stereocenters. The van der Waals surface area contributed by atoms with E-state index in [9.17, 15) is 4.79 Å². The summed E-state index contributed by atoms with van der Waals surface area (Å²) < 4.78 is 10.8. The molecule has 0 spiro atoms. The van der Waals surface area contributed by atoms with Gasteiger partial charge in [-0.15, -0.1) is 0 Å². The summed E-state index contributed by atoms with van der Waals surface area (Å²) in [6, 6.07) is 8.22. The summed E-state index contributed by atoms with van der Waals surface area (Å²) in [5.74, 6) is 1.47. The predicted molar refractivity (Wildman–Crippen MR) is 93.1 cm³/mol.